The van der Waals surface area contributed by atoms with E-state index in [9.17, 15) is 17.6 Å². The summed E-state index contributed by atoms with van der Waals surface area (Å²) < 4.78 is 46.9. The Hall–Kier alpha value is -1.65. The van der Waals surface area contributed by atoms with E-state index in [1.807, 2.05) is 0 Å². The van der Waals surface area contributed by atoms with Gasteiger partial charge in [0.15, 0.2) is 0 Å². The van der Waals surface area contributed by atoms with E-state index >= 15 is 0 Å². The minimum atomic E-state index is -3.72. The van der Waals surface area contributed by atoms with Crippen LogP contribution in [0, 0.1) is 5.82 Å². The predicted molar refractivity (Wildman–Crippen MR) is 109 cm³/mol. The summed E-state index contributed by atoms with van der Waals surface area (Å²) >= 11 is 7.46. The zero-order valence-electron chi connectivity index (χ0n) is 15.3. The monoisotopic (exact) mass is 456 g/mol. The van der Waals surface area contributed by atoms with Gasteiger partial charge in [0.2, 0.25) is 15.9 Å². The van der Waals surface area contributed by atoms with Gasteiger partial charge in [-0.2, -0.15) is 4.31 Å². The Morgan fingerprint density at radius 2 is 1.93 bits per heavy atom. The Labute approximate surface area is 177 Å². The van der Waals surface area contributed by atoms with Gasteiger partial charge >= 0.3 is 0 Å². The summed E-state index contributed by atoms with van der Waals surface area (Å²) in [6, 6.07) is 9.05. The fraction of sp³-hybridized carbons (Fsp3) is 0.316. The number of carbonyl (C=O) groups excluding carboxylic acids is 1. The second-order valence-corrected chi connectivity index (χ2v) is 9.98. The number of benzene rings is 2. The minimum absolute atomic E-state index is 0.0705. The van der Waals surface area contributed by atoms with Crippen LogP contribution >= 0.6 is 23.4 Å². The third kappa shape index (κ3) is 4.02. The number of morpholine rings is 1. The molecule has 0 N–H and O–H groups in total. The molecule has 6 nitrogen and oxygen atoms in total. The van der Waals surface area contributed by atoms with Gasteiger partial charge in [0.25, 0.3) is 0 Å². The highest BCUT2D eigenvalue weighted by molar-refractivity contribution is 8.00. The molecule has 0 aliphatic carbocycles. The average molecular weight is 457 g/mol. The van der Waals surface area contributed by atoms with E-state index in [1.165, 1.54) is 39.2 Å². The fourth-order valence-corrected chi connectivity index (χ4v) is 5.86. The molecule has 0 unspecified atom stereocenters. The number of thioether (sulfide) groups is 1. The normalized spacial score (nSPS) is 18.0. The summed E-state index contributed by atoms with van der Waals surface area (Å²) in [5, 5.41) is 0.217. The van der Waals surface area contributed by atoms with Gasteiger partial charge in [-0.05, 0) is 30.3 Å². The fourth-order valence-electron chi connectivity index (χ4n) is 3.29. The topological polar surface area (TPSA) is 66.9 Å². The van der Waals surface area contributed by atoms with Gasteiger partial charge < -0.3 is 9.64 Å². The van der Waals surface area contributed by atoms with E-state index < -0.39 is 15.8 Å². The van der Waals surface area contributed by atoms with E-state index in [0.29, 0.717) is 18.9 Å². The Bertz CT molecular complexity index is 1040. The number of carbonyl (C=O) groups is 1. The van der Waals surface area contributed by atoms with Crippen LogP contribution in [0.3, 0.4) is 0 Å². The molecule has 0 radical (unpaired) electrons. The van der Waals surface area contributed by atoms with Crippen LogP contribution in [0.4, 0.5) is 10.1 Å². The first kappa shape index (κ1) is 20.6. The second-order valence-electron chi connectivity index (χ2n) is 6.61. The summed E-state index contributed by atoms with van der Waals surface area (Å²) in [7, 11) is -3.72. The summed E-state index contributed by atoms with van der Waals surface area (Å²) in [6.45, 7) is 1.18. The van der Waals surface area contributed by atoms with Gasteiger partial charge in [-0.15, -0.1) is 11.8 Å². The van der Waals surface area contributed by atoms with Crippen molar-refractivity contribution in [2.45, 2.75) is 16.3 Å². The molecular formula is C19H18ClFN2O4S2. The second kappa shape index (κ2) is 8.23. The summed E-state index contributed by atoms with van der Waals surface area (Å²) in [5.41, 5.74) is 0.640. The highest BCUT2D eigenvalue weighted by Crippen LogP contribution is 2.39. The molecule has 10 heteroatoms. The molecule has 29 heavy (non-hydrogen) atoms. The van der Waals surface area contributed by atoms with Gasteiger partial charge in [-0.1, -0.05) is 17.7 Å². The average Bonchev–Trinajstić information content (AvgIpc) is 2.72. The number of amides is 1. The maximum Gasteiger partial charge on any atom is 0.243 e. The first-order chi connectivity index (χ1) is 13.9. The lowest BCUT2D eigenvalue weighted by Crippen LogP contribution is -2.41. The molecule has 1 amide bonds. The lowest BCUT2D eigenvalue weighted by molar-refractivity contribution is -0.116. The maximum atomic E-state index is 14.3. The van der Waals surface area contributed by atoms with Gasteiger partial charge in [-0.25, -0.2) is 12.8 Å². The summed E-state index contributed by atoms with van der Waals surface area (Å²) in [4.78, 5) is 14.9. The number of hydrogen-bond acceptors (Lipinski definition) is 5. The number of nitrogens with zero attached hydrogens (tertiary/aromatic N) is 2. The van der Waals surface area contributed by atoms with Crippen molar-refractivity contribution >= 4 is 45.0 Å². The number of hydrogen-bond donors (Lipinski definition) is 0. The molecule has 0 aromatic heterocycles. The number of rotatable bonds is 4. The van der Waals surface area contributed by atoms with E-state index in [4.69, 9.17) is 16.3 Å². The van der Waals surface area contributed by atoms with Crippen LogP contribution in [-0.4, -0.2) is 50.7 Å². The molecule has 2 aromatic carbocycles. The van der Waals surface area contributed by atoms with Crippen LogP contribution in [0.1, 0.15) is 5.56 Å². The number of ether oxygens (including phenoxy) is 1. The number of anilines is 1. The van der Waals surface area contributed by atoms with Crippen LogP contribution in [0.5, 0.6) is 0 Å². The maximum absolute atomic E-state index is 14.3. The number of halogens is 2. The zero-order valence-corrected chi connectivity index (χ0v) is 17.7. The van der Waals surface area contributed by atoms with E-state index in [1.54, 1.807) is 18.2 Å². The van der Waals surface area contributed by atoms with Crippen molar-refractivity contribution in [2.75, 3.05) is 37.0 Å². The van der Waals surface area contributed by atoms with E-state index in [-0.39, 0.29) is 46.8 Å². The summed E-state index contributed by atoms with van der Waals surface area (Å²) in [5.74, 6) is -0.556. The van der Waals surface area contributed by atoms with Crippen molar-refractivity contribution in [2.24, 2.45) is 0 Å². The van der Waals surface area contributed by atoms with Gasteiger partial charge in [0, 0.05) is 28.6 Å². The molecule has 2 aliphatic heterocycles. The summed E-state index contributed by atoms with van der Waals surface area (Å²) in [6.07, 6.45) is 0. The quantitative estimate of drug-likeness (QED) is 0.707. The Balaban J connectivity index is 1.72. The molecule has 0 spiro atoms. The van der Waals surface area contributed by atoms with Crippen molar-refractivity contribution < 1.29 is 22.3 Å². The van der Waals surface area contributed by atoms with Crippen molar-refractivity contribution in [1.29, 1.82) is 0 Å². The van der Waals surface area contributed by atoms with Crippen molar-refractivity contribution in [3.8, 4) is 0 Å². The third-order valence-corrected chi connectivity index (χ3v) is 8.16. The Morgan fingerprint density at radius 1 is 1.17 bits per heavy atom. The SMILES string of the molecule is O=C1CSc2ccc(S(=O)(=O)N3CCOCC3)cc2N1Cc1c(F)cccc1Cl. The molecule has 2 heterocycles. The van der Waals surface area contributed by atoms with Crippen LogP contribution in [0.2, 0.25) is 5.02 Å². The van der Waals surface area contributed by atoms with Crippen LogP contribution in [-0.2, 0) is 26.1 Å². The first-order valence-electron chi connectivity index (χ1n) is 8.96. The molecular weight excluding hydrogens is 439 g/mol. The smallest absolute Gasteiger partial charge is 0.243 e. The Morgan fingerprint density at radius 3 is 2.66 bits per heavy atom. The van der Waals surface area contributed by atoms with Crippen molar-refractivity contribution in [3.63, 3.8) is 0 Å². The largest absolute Gasteiger partial charge is 0.379 e. The number of fused-ring (bicyclic) bond motifs is 1. The molecule has 2 aliphatic rings. The van der Waals surface area contributed by atoms with Gasteiger partial charge in [0.05, 0.1) is 36.1 Å². The lowest BCUT2D eigenvalue weighted by atomic mass is 10.1. The molecule has 0 atom stereocenters. The van der Waals surface area contributed by atoms with Gasteiger partial charge in [0.1, 0.15) is 5.82 Å². The molecule has 1 saturated heterocycles. The van der Waals surface area contributed by atoms with Crippen LogP contribution in [0.15, 0.2) is 46.2 Å². The molecule has 4 rings (SSSR count). The highest BCUT2D eigenvalue weighted by Gasteiger charge is 2.31. The molecule has 154 valence electrons. The lowest BCUT2D eigenvalue weighted by Gasteiger charge is -2.31. The van der Waals surface area contributed by atoms with E-state index in [2.05, 4.69) is 0 Å². The highest BCUT2D eigenvalue weighted by atomic mass is 35.5. The molecule has 2 aromatic rings. The zero-order chi connectivity index (χ0) is 20.6. The molecule has 1 fully saturated rings. The van der Waals surface area contributed by atoms with Gasteiger partial charge in [-0.3, -0.25) is 4.79 Å². The standard InChI is InChI=1S/C19H18ClFN2O4S2/c20-15-2-1-3-16(21)14(15)11-23-17-10-13(4-5-18(17)28-12-19(23)24)29(25,26)22-6-8-27-9-7-22/h1-5,10H,6-9,11-12H2. The molecule has 0 saturated carbocycles. The number of sulfonamides is 1. The van der Waals surface area contributed by atoms with Crippen LogP contribution < -0.4 is 4.90 Å². The van der Waals surface area contributed by atoms with Crippen molar-refractivity contribution in [3.05, 3.63) is 52.8 Å². The molecule has 0 bridgehead atoms. The Kier molecular flexibility index (Phi) is 5.85. The van der Waals surface area contributed by atoms with Crippen LogP contribution in [0.25, 0.3) is 0 Å². The van der Waals surface area contributed by atoms with E-state index in [0.717, 1.165) is 4.90 Å². The third-order valence-electron chi connectivity index (χ3n) is 4.86. The first-order valence-corrected chi connectivity index (χ1v) is 11.8. The minimum Gasteiger partial charge on any atom is -0.379 e. The van der Waals surface area contributed by atoms with Crippen molar-refractivity contribution in [1.82, 2.24) is 4.31 Å². The predicted octanol–water partition coefficient (Wildman–Crippen LogP) is 3.14.